The Morgan fingerprint density at radius 2 is 2.04 bits per heavy atom. The molecule has 1 saturated carbocycles. The Balaban J connectivity index is 1.83. The van der Waals surface area contributed by atoms with Gasteiger partial charge in [0.15, 0.2) is 6.61 Å². The molecule has 10 heteroatoms. The highest BCUT2D eigenvalue weighted by atomic mass is 16.5. The summed E-state index contributed by atoms with van der Waals surface area (Å²) in [6.45, 7) is 4.31. The molecule has 156 valence electrons. The molecule has 0 unspecified atom stereocenters. The van der Waals surface area contributed by atoms with Crippen LogP contribution in [-0.2, 0) is 19.1 Å². The summed E-state index contributed by atoms with van der Waals surface area (Å²) >= 11 is 0. The van der Waals surface area contributed by atoms with Crippen LogP contribution < -0.4 is 16.0 Å². The van der Waals surface area contributed by atoms with Crippen LogP contribution in [0.3, 0.4) is 0 Å². The fourth-order valence-electron chi connectivity index (χ4n) is 3.48. The van der Waals surface area contributed by atoms with Gasteiger partial charge >= 0.3 is 18.0 Å². The fourth-order valence-corrected chi connectivity index (χ4v) is 3.48. The van der Waals surface area contributed by atoms with E-state index in [9.17, 15) is 24.0 Å². The van der Waals surface area contributed by atoms with Crippen molar-refractivity contribution in [2.24, 2.45) is 5.92 Å². The van der Waals surface area contributed by atoms with Crippen molar-refractivity contribution >= 4 is 29.8 Å². The molecule has 1 aliphatic heterocycles. The smallest absolute Gasteiger partial charge is 0.326 e. The molecule has 0 aromatic carbocycles. The third kappa shape index (κ3) is 4.79. The highest BCUT2D eigenvalue weighted by Crippen LogP contribution is 2.38. The van der Waals surface area contributed by atoms with E-state index in [1.807, 2.05) is 19.2 Å². The predicted octanol–water partition coefficient (Wildman–Crippen LogP) is 0.655. The summed E-state index contributed by atoms with van der Waals surface area (Å²) in [4.78, 5) is 61.0. The number of imide groups is 2. The first-order valence-corrected chi connectivity index (χ1v) is 9.59. The van der Waals surface area contributed by atoms with Gasteiger partial charge in [0.05, 0.1) is 0 Å². The number of nitrogens with zero attached hydrogens (tertiary/aromatic N) is 1. The molecule has 0 radical (unpaired) electrons. The molecule has 0 bridgehead atoms. The lowest BCUT2D eigenvalue weighted by Gasteiger charge is -2.36. The summed E-state index contributed by atoms with van der Waals surface area (Å²) in [6.07, 6.45) is 3.88. The fraction of sp³-hybridized carbons (Fsp3) is 0.722. The van der Waals surface area contributed by atoms with Crippen LogP contribution in [0.1, 0.15) is 52.9 Å². The molecule has 10 nitrogen and oxygen atoms in total. The second-order valence-corrected chi connectivity index (χ2v) is 7.43. The summed E-state index contributed by atoms with van der Waals surface area (Å²) in [5, 5.41) is 7.31. The number of hydrogen-bond donors (Lipinski definition) is 3. The zero-order valence-electron chi connectivity index (χ0n) is 16.5. The molecular formula is C18H28N4O6. The van der Waals surface area contributed by atoms with E-state index in [2.05, 4.69) is 10.6 Å². The number of ether oxygens (including phenoxy) is 1. The van der Waals surface area contributed by atoms with Crippen LogP contribution >= 0.6 is 0 Å². The van der Waals surface area contributed by atoms with Crippen LogP contribution in [0.2, 0.25) is 0 Å². The van der Waals surface area contributed by atoms with E-state index in [-0.39, 0.29) is 12.0 Å². The number of urea groups is 2. The van der Waals surface area contributed by atoms with E-state index in [0.717, 1.165) is 24.2 Å². The number of carbonyl (C=O) groups excluding carboxylic acids is 5. The van der Waals surface area contributed by atoms with E-state index >= 15 is 0 Å². The lowest BCUT2D eigenvalue weighted by Crippen LogP contribution is -2.54. The van der Waals surface area contributed by atoms with Gasteiger partial charge in [0.25, 0.3) is 11.8 Å². The standard InChI is InChI=1S/C18H28N4O6/c1-4-12(3)19-16(26)20-13(23)10-28-14(24)9-22-15(25)18(21-17(22)27)8-6-5-7-11(18)2/h11-12H,4-10H2,1-3H3,(H,21,27)(H2,19,20,23,26)/t11-,12-,18+/m0/s1. The van der Waals surface area contributed by atoms with Crippen LogP contribution in [0.5, 0.6) is 0 Å². The number of rotatable bonds is 6. The topological polar surface area (TPSA) is 134 Å². The maximum atomic E-state index is 12.8. The highest BCUT2D eigenvalue weighted by molar-refractivity contribution is 6.09. The lowest BCUT2D eigenvalue weighted by molar-refractivity contribution is -0.151. The number of esters is 1. The molecule has 2 rings (SSSR count). The van der Waals surface area contributed by atoms with Crippen molar-refractivity contribution in [1.29, 1.82) is 0 Å². The van der Waals surface area contributed by atoms with Gasteiger partial charge in [-0.2, -0.15) is 0 Å². The molecule has 6 amide bonds. The molecule has 2 aliphatic rings. The van der Waals surface area contributed by atoms with Gasteiger partial charge < -0.3 is 15.4 Å². The maximum Gasteiger partial charge on any atom is 0.326 e. The molecule has 1 saturated heterocycles. The summed E-state index contributed by atoms with van der Waals surface area (Å²) in [6, 6.07) is -1.42. The molecule has 0 aromatic heterocycles. The molecule has 3 atom stereocenters. The van der Waals surface area contributed by atoms with Gasteiger partial charge in [-0.15, -0.1) is 0 Å². The first kappa shape index (κ1) is 21.6. The Morgan fingerprint density at radius 1 is 1.32 bits per heavy atom. The first-order chi connectivity index (χ1) is 13.2. The molecule has 28 heavy (non-hydrogen) atoms. The number of hydrogen-bond acceptors (Lipinski definition) is 6. The average molecular weight is 396 g/mol. The monoisotopic (exact) mass is 396 g/mol. The molecule has 2 fully saturated rings. The van der Waals surface area contributed by atoms with Gasteiger partial charge in [-0.3, -0.25) is 24.6 Å². The SMILES string of the molecule is CC[C@H](C)NC(=O)NC(=O)COC(=O)CN1C(=O)N[C@@]2(CCCC[C@@H]2C)C1=O. The maximum absolute atomic E-state index is 12.8. The summed E-state index contributed by atoms with van der Waals surface area (Å²) in [5.41, 5.74) is -0.957. The number of amides is 6. The minimum absolute atomic E-state index is 0.0199. The Kier molecular flexibility index (Phi) is 6.98. The molecule has 1 spiro atoms. The minimum Gasteiger partial charge on any atom is -0.454 e. The van der Waals surface area contributed by atoms with E-state index in [1.165, 1.54) is 0 Å². The molecule has 1 heterocycles. The quantitative estimate of drug-likeness (QED) is 0.446. The lowest BCUT2D eigenvalue weighted by atomic mass is 9.73. The van der Waals surface area contributed by atoms with Crippen LogP contribution in [0.25, 0.3) is 0 Å². The predicted molar refractivity (Wildman–Crippen MR) is 98.0 cm³/mol. The second-order valence-electron chi connectivity index (χ2n) is 7.43. The van der Waals surface area contributed by atoms with Crippen molar-refractivity contribution < 1.29 is 28.7 Å². The van der Waals surface area contributed by atoms with Crippen LogP contribution in [0.4, 0.5) is 9.59 Å². The van der Waals surface area contributed by atoms with Crippen molar-refractivity contribution in [2.45, 2.75) is 64.5 Å². The van der Waals surface area contributed by atoms with Crippen LogP contribution in [-0.4, -0.2) is 59.5 Å². The third-order valence-corrected chi connectivity index (χ3v) is 5.40. The van der Waals surface area contributed by atoms with E-state index in [4.69, 9.17) is 4.74 Å². The zero-order chi connectivity index (χ0) is 20.9. The second kappa shape index (κ2) is 9.03. The summed E-state index contributed by atoms with van der Waals surface area (Å²) in [5.74, 6) is -2.15. The summed E-state index contributed by atoms with van der Waals surface area (Å²) < 4.78 is 4.79. The van der Waals surface area contributed by atoms with Crippen molar-refractivity contribution in [3.05, 3.63) is 0 Å². The zero-order valence-corrected chi connectivity index (χ0v) is 16.5. The normalized spacial score (nSPS) is 25.2. The van der Waals surface area contributed by atoms with Crippen molar-refractivity contribution in [1.82, 2.24) is 20.9 Å². The molecule has 1 aliphatic carbocycles. The molecule has 3 N–H and O–H groups in total. The Morgan fingerprint density at radius 3 is 2.68 bits per heavy atom. The van der Waals surface area contributed by atoms with Crippen LogP contribution in [0, 0.1) is 5.92 Å². The van der Waals surface area contributed by atoms with E-state index in [0.29, 0.717) is 12.8 Å². The largest absolute Gasteiger partial charge is 0.454 e. The Labute approximate surface area is 163 Å². The van der Waals surface area contributed by atoms with Crippen LogP contribution in [0.15, 0.2) is 0 Å². The van der Waals surface area contributed by atoms with E-state index < -0.39 is 48.5 Å². The Hall–Kier alpha value is -2.65. The van der Waals surface area contributed by atoms with Gasteiger partial charge in [-0.05, 0) is 32.1 Å². The average Bonchev–Trinajstić information content (AvgIpc) is 2.87. The molecule has 0 aromatic rings. The van der Waals surface area contributed by atoms with Crippen molar-refractivity contribution in [2.75, 3.05) is 13.2 Å². The number of carbonyl (C=O) groups is 5. The van der Waals surface area contributed by atoms with Gasteiger partial charge in [0, 0.05) is 6.04 Å². The third-order valence-electron chi connectivity index (χ3n) is 5.40. The van der Waals surface area contributed by atoms with Crippen molar-refractivity contribution in [3.8, 4) is 0 Å². The van der Waals surface area contributed by atoms with E-state index in [1.54, 1.807) is 6.92 Å². The first-order valence-electron chi connectivity index (χ1n) is 9.59. The number of nitrogens with one attached hydrogen (secondary N) is 3. The van der Waals surface area contributed by atoms with Gasteiger partial charge in [-0.25, -0.2) is 9.59 Å². The van der Waals surface area contributed by atoms with Gasteiger partial charge in [0.1, 0.15) is 12.1 Å². The Bertz CT molecular complexity index is 666. The summed E-state index contributed by atoms with van der Waals surface area (Å²) in [7, 11) is 0. The molecular weight excluding hydrogens is 368 g/mol. The van der Waals surface area contributed by atoms with Crippen molar-refractivity contribution in [3.63, 3.8) is 0 Å². The highest BCUT2D eigenvalue weighted by Gasteiger charge is 2.55. The van der Waals surface area contributed by atoms with Gasteiger partial charge in [-0.1, -0.05) is 26.7 Å². The van der Waals surface area contributed by atoms with Gasteiger partial charge in [0.2, 0.25) is 0 Å². The minimum atomic E-state index is -0.957.